The van der Waals surface area contributed by atoms with Crippen molar-refractivity contribution in [2.75, 3.05) is 0 Å². The second-order valence-corrected chi connectivity index (χ2v) is 10.4. The molecule has 8 rings (SSSR count). The first-order valence-corrected chi connectivity index (χ1v) is 13.1. The van der Waals surface area contributed by atoms with Crippen LogP contribution in [0, 0.1) is 20.2 Å². The summed E-state index contributed by atoms with van der Waals surface area (Å²) in [5.74, 6) is -0.584. The summed E-state index contributed by atoms with van der Waals surface area (Å²) in [5.41, 5.74) is 4.45. The van der Waals surface area contributed by atoms with Gasteiger partial charge >= 0.3 is 0 Å². The van der Waals surface area contributed by atoms with E-state index in [4.69, 9.17) is 0 Å². The van der Waals surface area contributed by atoms with Crippen molar-refractivity contribution < 1.29 is 19.4 Å². The van der Waals surface area contributed by atoms with Crippen molar-refractivity contribution in [3.05, 3.63) is 140 Å². The highest BCUT2D eigenvalue weighted by Gasteiger charge is 2.36. The molecule has 2 aliphatic rings. The van der Waals surface area contributed by atoms with Gasteiger partial charge in [-0.05, 0) is 63.0 Å². The second-order valence-electron chi connectivity index (χ2n) is 10.4. The first-order valence-electron chi connectivity index (χ1n) is 13.1. The molecule has 0 radical (unpaired) electrons. The maximum atomic E-state index is 13.6. The molecule has 2 aliphatic carbocycles. The number of non-ortho nitro benzene ring substituents is 1. The molecule has 0 saturated carbocycles. The van der Waals surface area contributed by atoms with Crippen LogP contribution in [0.5, 0.6) is 0 Å². The van der Waals surface area contributed by atoms with Gasteiger partial charge in [-0.15, -0.1) is 0 Å². The van der Waals surface area contributed by atoms with Crippen LogP contribution in [-0.4, -0.2) is 21.4 Å². The number of nitro benzene ring substituents is 2. The molecule has 0 saturated heterocycles. The van der Waals surface area contributed by atoms with Crippen molar-refractivity contribution in [3.8, 4) is 33.4 Å². The number of ketones is 2. The number of nitro groups is 2. The summed E-state index contributed by atoms with van der Waals surface area (Å²) < 4.78 is 0. The molecule has 6 aromatic carbocycles. The minimum atomic E-state index is -0.740. The van der Waals surface area contributed by atoms with E-state index in [1.54, 1.807) is 36.4 Å². The van der Waals surface area contributed by atoms with Crippen molar-refractivity contribution in [1.82, 2.24) is 0 Å². The van der Waals surface area contributed by atoms with E-state index in [2.05, 4.69) is 0 Å². The topological polar surface area (TPSA) is 120 Å². The molecule has 8 nitrogen and oxygen atoms in total. The maximum Gasteiger partial charge on any atom is 0.288 e. The summed E-state index contributed by atoms with van der Waals surface area (Å²) in [5, 5.41) is 26.3. The lowest BCUT2D eigenvalue weighted by atomic mass is 9.79. The van der Waals surface area contributed by atoms with Crippen LogP contribution in [0.4, 0.5) is 11.4 Å². The standard InChI is InChI=1S/C34H16N2O6/c37-33-22-9-3-1-7-20(22)25-13-18(12-17-6-5-11-24(33)30(17)25)19-14-26-21-8-2-4-10-23(21)34(38)32-29(36(41)42)16-28(35(39)40)27(15-19)31(26)32/h1-16H. The number of hydrogen-bond donors (Lipinski definition) is 0. The van der Waals surface area contributed by atoms with Crippen LogP contribution in [0.1, 0.15) is 31.8 Å². The molecular weight excluding hydrogens is 532 g/mol. The van der Waals surface area contributed by atoms with Crippen LogP contribution < -0.4 is 0 Å². The Morgan fingerprint density at radius 2 is 1.02 bits per heavy atom. The largest absolute Gasteiger partial charge is 0.289 e. The normalized spacial score (nSPS) is 12.8. The molecule has 0 aliphatic heterocycles. The molecule has 0 aromatic heterocycles. The highest BCUT2D eigenvalue weighted by Crippen LogP contribution is 2.49. The zero-order valence-electron chi connectivity index (χ0n) is 21.6. The first kappa shape index (κ1) is 23.8. The Balaban J connectivity index is 1.51. The quantitative estimate of drug-likeness (QED) is 0.163. The average molecular weight is 549 g/mol. The van der Waals surface area contributed by atoms with Gasteiger partial charge in [-0.25, -0.2) is 0 Å². The number of fused-ring (bicyclic) bond motifs is 4. The van der Waals surface area contributed by atoms with Crippen molar-refractivity contribution in [1.29, 1.82) is 0 Å². The Hall–Kier alpha value is -6.02. The Labute approximate surface area is 236 Å². The summed E-state index contributed by atoms with van der Waals surface area (Å²) in [7, 11) is 0. The summed E-state index contributed by atoms with van der Waals surface area (Å²) in [6, 6.07) is 28.1. The predicted molar refractivity (Wildman–Crippen MR) is 158 cm³/mol. The van der Waals surface area contributed by atoms with E-state index in [0.29, 0.717) is 33.4 Å². The van der Waals surface area contributed by atoms with Crippen LogP contribution in [0.15, 0.2) is 97.1 Å². The number of benzene rings is 6. The fraction of sp³-hybridized carbons (Fsp3) is 0. The molecule has 0 heterocycles. The fourth-order valence-electron chi connectivity index (χ4n) is 6.53. The maximum absolute atomic E-state index is 13.6. The van der Waals surface area contributed by atoms with Gasteiger partial charge in [0.15, 0.2) is 5.78 Å². The number of nitrogens with zero attached hydrogens (tertiary/aromatic N) is 2. The van der Waals surface area contributed by atoms with Crippen molar-refractivity contribution in [2.24, 2.45) is 0 Å². The van der Waals surface area contributed by atoms with Crippen LogP contribution >= 0.6 is 0 Å². The number of carbonyl (C=O) groups excluding carboxylic acids is 2. The Morgan fingerprint density at radius 1 is 0.476 bits per heavy atom. The Bertz CT molecular complexity index is 2300. The molecule has 0 unspecified atom stereocenters. The van der Waals surface area contributed by atoms with Crippen LogP contribution in [-0.2, 0) is 0 Å². The fourth-order valence-corrected chi connectivity index (χ4v) is 6.53. The van der Waals surface area contributed by atoms with E-state index < -0.39 is 27.0 Å². The molecular formula is C34H16N2O6. The smallest absolute Gasteiger partial charge is 0.288 e. The van der Waals surface area contributed by atoms with Gasteiger partial charge in [-0.1, -0.05) is 66.7 Å². The van der Waals surface area contributed by atoms with Gasteiger partial charge in [0, 0.05) is 27.5 Å². The molecule has 0 fully saturated rings. The molecule has 0 amide bonds. The Kier molecular flexibility index (Phi) is 4.68. The minimum Gasteiger partial charge on any atom is -0.289 e. The molecule has 198 valence electrons. The molecule has 0 bridgehead atoms. The highest BCUT2D eigenvalue weighted by atomic mass is 16.6. The van der Waals surface area contributed by atoms with Crippen LogP contribution in [0.2, 0.25) is 0 Å². The van der Waals surface area contributed by atoms with E-state index in [1.165, 1.54) is 0 Å². The molecule has 6 aromatic rings. The number of rotatable bonds is 3. The monoisotopic (exact) mass is 548 g/mol. The van der Waals surface area contributed by atoms with Crippen molar-refractivity contribution in [3.63, 3.8) is 0 Å². The lowest BCUT2D eigenvalue weighted by Crippen LogP contribution is -2.13. The third-order valence-electron chi connectivity index (χ3n) is 8.29. The summed E-state index contributed by atoms with van der Waals surface area (Å²) in [6.07, 6.45) is 0. The number of carbonyl (C=O) groups is 2. The lowest BCUT2D eigenvalue weighted by Gasteiger charge is -2.23. The van der Waals surface area contributed by atoms with E-state index in [9.17, 15) is 29.8 Å². The van der Waals surface area contributed by atoms with Crippen molar-refractivity contribution >= 4 is 44.5 Å². The summed E-state index contributed by atoms with van der Waals surface area (Å²) in [6.45, 7) is 0. The van der Waals surface area contributed by atoms with E-state index in [-0.39, 0.29) is 22.1 Å². The first-order chi connectivity index (χ1) is 20.3. The zero-order chi connectivity index (χ0) is 28.9. The lowest BCUT2D eigenvalue weighted by molar-refractivity contribution is -0.393. The van der Waals surface area contributed by atoms with Gasteiger partial charge in [0.25, 0.3) is 11.4 Å². The van der Waals surface area contributed by atoms with Crippen LogP contribution in [0.3, 0.4) is 0 Å². The van der Waals surface area contributed by atoms with E-state index >= 15 is 0 Å². The molecule has 0 atom stereocenters. The highest BCUT2D eigenvalue weighted by molar-refractivity contribution is 6.30. The molecule has 8 heteroatoms. The molecule has 0 N–H and O–H groups in total. The Morgan fingerprint density at radius 3 is 1.67 bits per heavy atom. The van der Waals surface area contributed by atoms with Gasteiger partial charge < -0.3 is 0 Å². The summed E-state index contributed by atoms with van der Waals surface area (Å²) in [4.78, 5) is 49.8. The minimum absolute atomic E-state index is 0.0439. The van der Waals surface area contributed by atoms with E-state index in [1.807, 2.05) is 54.6 Å². The molecule has 42 heavy (non-hydrogen) atoms. The third kappa shape index (κ3) is 3.06. The van der Waals surface area contributed by atoms with Crippen molar-refractivity contribution in [2.45, 2.75) is 0 Å². The van der Waals surface area contributed by atoms with Gasteiger partial charge in [0.2, 0.25) is 5.78 Å². The van der Waals surface area contributed by atoms with Crippen LogP contribution in [0.25, 0.3) is 54.9 Å². The average Bonchev–Trinajstić information content (AvgIpc) is 3.01. The second kappa shape index (κ2) is 8.25. The van der Waals surface area contributed by atoms with Gasteiger partial charge in [0.05, 0.1) is 21.3 Å². The third-order valence-corrected chi connectivity index (χ3v) is 8.29. The summed E-state index contributed by atoms with van der Waals surface area (Å²) >= 11 is 0. The molecule has 0 spiro atoms. The zero-order valence-corrected chi connectivity index (χ0v) is 21.6. The van der Waals surface area contributed by atoms with Gasteiger partial charge in [-0.3, -0.25) is 29.8 Å². The predicted octanol–water partition coefficient (Wildman–Crippen LogP) is 7.90. The van der Waals surface area contributed by atoms with E-state index in [0.717, 1.165) is 33.5 Å². The van der Waals surface area contributed by atoms with Gasteiger partial charge in [-0.2, -0.15) is 0 Å². The number of hydrogen-bond acceptors (Lipinski definition) is 6. The SMILES string of the molecule is O=C1c2ccccc2-c2cc(-c3cc4c5c(c([N+](=O)[O-])cc([N+](=O)[O-])c5c3)C(=O)c3ccccc3-4)cc3cccc1c23. The van der Waals surface area contributed by atoms with Gasteiger partial charge in [0.1, 0.15) is 5.56 Å².